The summed E-state index contributed by atoms with van der Waals surface area (Å²) in [6, 6.07) is 12.7. The fourth-order valence-corrected chi connectivity index (χ4v) is 3.21. The smallest absolute Gasteiger partial charge is 0.221 e. The lowest BCUT2D eigenvalue weighted by Gasteiger charge is -2.31. The van der Waals surface area contributed by atoms with E-state index in [0.29, 0.717) is 12.3 Å². The van der Waals surface area contributed by atoms with Crippen LogP contribution in [0.1, 0.15) is 57.4 Å². The van der Waals surface area contributed by atoms with Crippen LogP contribution >= 0.6 is 0 Å². The van der Waals surface area contributed by atoms with Gasteiger partial charge in [0.05, 0.1) is 6.07 Å². The summed E-state index contributed by atoms with van der Waals surface area (Å²) in [6.45, 7) is 2.11. The third-order valence-corrected chi connectivity index (χ3v) is 4.60. The van der Waals surface area contributed by atoms with Crippen molar-refractivity contribution in [3.05, 3.63) is 35.9 Å². The fraction of sp³-hybridized carbons (Fsp3) is 0.579. The number of nitriles is 1. The monoisotopic (exact) mass is 298 g/mol. The minimum atomic E-state index is -0.603. The van der Waals surface area contributed by atoms with Gasteiger partial charge in [-0.1, -0.05) is 56.5 Å². The Morgan fingerprint density at radius 3 is 2.59 bits per heavy atom. The number of hydrogen-bond acceptors (Lipinski definition) is 2. The van der Waals surface area contributed by atoms with Gasteiger partial charge >= 0.3 is 0 Å². The van der Waals surface area contributed by atoms with Crippen molar-refractivity contribution < 1.29 is 4.79 Å². The van der Waals surface area contributed by atoms with Crippen molar-refractivity contribution in [1.82, 2.24) is 5.32 Å². The third-order valence-electron chi connectivity index (χ3n) is 4.60. The molecule has 0 bridgehead atoms. The molecule has 0 radical (unpaired) electrons. The van der Waals surface area contributed by atoms with Crippen LogP contribution in [0.5, 0.6) is 0 Å². The normalized spacial score (nSPS) is 18.2. The van der Waals surface area contributed by atoms with E-state index < -0.39 is 5.54 Å². The molecule has 1 saturated carbocycles. The summed E-state index contributed by atoms with van der Waals surface area (Å²) in [4.78, 5) is 12.2. The van der Waals surface area contributed by atoms with Gasteiger partial charge in [0.15, 0.2) is 0 Å². The summed E-state index contributed by atoms with van der Waals surface area (Å²) >= 11 is 0. The molecule has 0 aromatic heterocycles. The SMILES string of the molecule is CC(CCc1ccccc1)CC(=O)NC1(C#N)CCCCC1. The lowest BCUT2D eigenvalue weighted by atomic mass is 9.82. The molecule has 2 rings (SSSR count). The van der Waals surface area contributed by atoms with Crippen LogP contribution < -0.4 is 5.32 Å². The predicted molar refractivity (Wildman–Crippen MR) is 88.1 cm³/mol. The van der Waals surface area contributed by atoms with E-state index in [-0.39, 0.29) is 5.91 Å². The molecule has 1 aliphatic rings. The van der Waals surface area contributed by atoms with Gasteiger partial charge in [0, 0.05) is 6.42 Å². The van der Waals surface area contributed by atoms with Crippen molar-refractivity contribution in [1.29, 1.82) is 5.26 Å². The van der Waals surface area contributed by atoms with Crippen molar-refractivity contribution in [2.75, 3.05) is 0 Å². The van der Waals surface area contributed by atoms with Gasteiger partial charge in [-0.3, -0.25) is 4.79 Å². The van der Waals surface area contributed by atoms with Crippen LogP contribution in [0.25, 0.3) is 0 Å². The molecule has 1 amide bonds. The first kappa shape index (κ1) is 16.5. The summed E-state index contributed by atoms with van der Waals surface area (Å²) in [5, 5.41) is 12.4. The Morgan fingerprint density at radius 2 is 1.95 bits per heavy atom. The van der Waals surface area contributed by atoms with E-state index in [1.165, 1.54) is 12.0 Å². The van der Waals surface area contributed by atoms with Crippen molar-refractivity contribution in [3.63, 3.8) is 0 Å². The molecular formula is C19H26N2O. The molecule has 0 heterocycles. The molecule has 0 aliphatic heterocycles. The maximum absolute atomic E-state index is 12.2. The van der Waals surface area contributed by atoms with Gasteiger partial charge in [-0.2, -0.15) is 5.26 Å². The standard InChI is InChI=1S/C19H26N2O/c1-16(10-11-17-8-4-2-5-9-17)14-18(22)21-19(15-20)12-6-3-7-13-19/h2,4-5,8-9,16H,3,6-7,10-14H2,1H3,(H,21,22). The van der Waals surface area contributed by atoms with Crippen LogP contribution in [0.3, 0.4) is 0 Å². The lowest BCUT2D eigenvalue weighted by Crippen LogP contribution is -2.48. The number of nitrogens with one attached hydrogen (secondary N) is 1. The Balaban J connectivity index is 1.77. The maximum atomic E-state index is 12.2. The zero-order valence-corrected chi connectivity index (χ0v) is 13.5. The number of nitrogens with zero attached hydrogens (tertiary/aromatic N) is 1. The second-order valence-corrected chi connectivity index (χ2v) is 6.64. The Bertz CT molecular complexity index is 512. The van der Waals surface area contributed by atoms with E-state index in [1.54, 1.807) is 0 Å². The molecule has 0 saturated heterocycles. The van der Waals surface area contributed by atoms with Gasteiger partial charge in [0.25, 0.3) is 0 Å². The number of rotatable bonds is 6. The van der Waals surface area contributed by atoms with E-state index in [0.717, 1.165) is 38.5 Å². The van der Waals surface area contributed by atoms with Gasteiger partial charge < -0.3 is 5.32 Å². The van der Waals surface area contributed by atoms with Crippen molar-refractivity contribution >= 4 is 5.91 Å². The molecule has 1 aliphatic carbocycles. The average Bonchev–Trinajstić information content (AvgIpc) is 2.54. The molecule has 3 heteroatoms. The highest BCUT2D eigenvalue weighted by Gasteiger charge is 2.33. The molecule has 1 aromatic rings. The van der Waals surface area contributed by atoms with E-state index in [4.69, 9.17) is 0 Å². The molecular weight excluding hydrogens is 272 g/mol. The Hall–Kier alpha value is -1.82. The second kappa shape index (κ2) is 7.98. The van der Waals surface area contributed by atoms with Crippen LogP contribution in [-0.2, 0) is 11.2 Å². The van der Waals surface area contributed by atoms with Gasteiger partial charge in [0.2, 0.25) is 5.91 Å². The average molecular weight is 298 g/mol. The summed E-state index contributed by atoms with van der Waals surface area (Å²) in [5.41, 5.74) is 0.713. The molecule has 3 nitrogen and oxygen atoms in total. The molecule has 0 spiro atoms. The van der Waals surface area contributed by atoms with Crippen molar-refractivity contribution in [3.8, 4) is 6.07 Å². The zero-order chi connectivity index (χ0) is 15.8. The largest absolute Gasteiger partial charge is 0.338 e. The third kappa shape index (κ3) is 4.87. The summed E-state index contributed by atoms with van der Waals surface area (Å²) in [7, 11) is 0. The van der Waals surface area contributed by atoms with E-state index in [9.17, 15) is 10.1 Å². The number of carbonyl (C=O) groups is 1. The Kier molecular flexibility index (Phi) is 6.00. The quantitative estimate of drug-likeness (QED) is 0.863. The van der Waals surface area contributed by atoms with Gasteiger partial charge in [-0.25, -0.2) is 0 Å². The first-order valence-corrected chi connectivity index (χ1v) is 8.40. The van der Waals surface area contributed by atoms with Crippen LogP contribution in [0, 0.1) is 17.2 Å². The fourth-order valence-electron chi connectivity index (χ4n) is 3.21. The van der Waals surface area contributed by atoms with E-state index in [1.807, 2.05) is 18.2 Å². The van der Waals surface area contributed by atoms with Crippen molar-refractivity contribution in [2.45, 2.75) is 63.8 Å². The number of carbonyl (C=O) groups excluding carboxylic acids is 1. The molecule has 118 valence electrons. The van der Waals surface area contributed by atoms with Gasteiger partial charge in [-0.15, -0.1) is 0 Å². The van der Waals surface area contributed by atoms with E-state index >= 15 is 0 Å². The van der Waals surface area contributed by atoms with Crippen LogP contribution in [0.2, 0.25) is 0 Å². The molecule has 22 heavy (non-hydrogen) atoms. The van der Waals surface area contributed by atoms with Crippen molar-refractivity contribution in [2.24, 2.45) is 5.92 Å². The Labute approximate surface area is 133 Å². The second-order valence-electron chi connectivity index (χ2n) is 6.64. The number of benzene rings is 1. The predicted octanol–water partition coefficient (Wildman–Crippen LogP) is 3.99. The molecule has 1 unspecified atom stereocenters. The highest BCUT2D eigenvalue weighted by Crippen LogP contribution is 2.28. The number of hydrogen-bond donors (Lipinski definition) is 1. The lowest BCUT2D eigenvalue weighted by molar-refractivity contribution is -0.123. The minimum Gasteiger partial charge on any atom is -0.338 e. The highest BCUT2D eigenvalue weighted by molar-refractivity contribution is 5.77. The maximum Gasteiger partial charge on any atom is 0.221 e. The summed E-state index contributed by atoms with van der Waals surface area (Å²) < 4.78 is 0. The first-order chi connectivity index (χ1) is 10.6. The van der Waals surface area contributed by atoms with Crippen LogP contribution in [-0.4, -0.2) is 11.4 Å². The molecule has 1 aromatic carbocycles. The number of aryl methyl sites for hydroxylation is 1. The van der Waals surface area contributed by atoms with Crippen LogP contribution in [0.15, 0.2) is 30.3 Å². The zero-order valence-electron chi connectivity index (χ0n) is 13.5. The topological polar surface area (TPSA) is 52.9 Å². The Morgan fingerprint density at radius 1 is 1.27 bits per heavy atom. The number of amides is 1. The first-order valence-electron chi connectivity index (χ1n) is 8.40. The summed E-state index contributed by atoms with van der Waals surface area (Å²) in [6.07, 6.45) is 7.36. The summed E-state index contributed by atoms with van der Waals surface area (Å²) in [5.74, 6) is 0.364. The van der Waals surface area contributed by atoms with Gasteiger partial charge in [-0.05, 0) is 37.2 Å². The highest BCUT2D eigenvalue weighted by atomic mass is 16.1. The van der Waals surface area contributed by atoms with Gasteiger partial charge in [0.1, 0.15) is 5.54 Å². The van der Waals surface area contributed by atoms with E-state index in [2.05, 4.69) is 30.4 Å². The molecule has 1 fully saturated rings. The van der Waals surface area contributed by atoms with Crippen LogP contribution in [0.4, 0.5) is 0 Å². The minimum absolute atomic E-state index is 0.0315. The molecule has 1 N–H and O–H groups in total. The molecule has 1 atom stereocenters.